The molecule has 3 aromatic carbocycles. The van der Waals surface area contributed by atoms with Crippen molar-refractivity contribution in [1.82, 2.24) is 9.80 Å². The number of ether oxygens (including phenoxy) is 6. The van der Waals surface area contributed by atoms with E-state index in [2.05, 4.69) is 0 Å². The SMILES string of the molecule is CC[C@H]1OC(=O)[C@H](C)[C@@H](O[C@H]2C[C@@](C)(OC)[C@@H](O)[C@H](C)O2)[C@H](C)[C@@H](O[C@@H]2O[C@H](C)C[C@H](N(C)C)[C@H]2O)[C@](C)(O)C[C@@H](C)CN(C(=O)CCCCCCC[P+](c2ccc(F)cc2)(c2ccc(F)cc2)c2ccc(F)cc2)[C@H](C)[C@@H](O)[C@]1(C)O. The Kier molecular flexibility index (Phi) is 23.6. The van der Waals surface area contributed by atoms with Crippen LogP contribution in [0.15, 0.2) is 72.8 Å². The van der Waals surface area contributed by atoms with E-state index in [0.29, 0.717) is 25.4 Å². The van der Waals surface area contributed by atoms with Gasteiger partial charge in [0, 0.05) is 38.5 Å². The molecule has 1 amide bonds. The van der Waals surface area contributed by atoms with Gasteiger partial charge in [0.2, 0.25) is 5.91 Å². The number of benzene rings is 3. The van der Waals surface area contributed by atoms with E-state index in [4.69, 9.17) is 28.4 Å². The van der Waals surface area contributed by atoms with E-state index in [-0.39, 0.29) is 50.3 Å². The van der Waals surface area contributed by atoms with Crippen LogP contribution in [0.3, 0.4) is 0 Å². The van der Waals surface area contributed by atoms with Crippen molar-refractivity contribution in [3.63, 3.8) is 0 Å². The van der Waals surface area contributed by atoms with Crippen LogP contribution in [0, 0.1) is 35.2 Å². The zero-order valence-corrected chi connectivity index (χ0v) is 51.4. The summed E-state index contributed by atoms with van der Waals surface area (Å²) in [6, 6.07) is 17.6. The highest BCUT2D eigenvalue weighted by atomic mass is 31.2. The quantitative estimate of drug-likeness (QED) is 0.0476. The van der Waals surface area contributed by atoms with Gasteiger partial charge in [0.1, 0.15) is 70.6 Å². The Hall–Kier alpha value is -3.62. The van der Waals surface area contributed by atoms with Crippen LogP contribution in [0.1, 0.15) is 133 Å². The number of rotatable bonds is 18. The zero-order valence-electron chi connectivity index (χ0n) is 50.6. The zero-order chi connectivity index (χ0) is 60.6. The summed E-state index contributed by atoms with van der Waals surface area (Å²) in [5, 5.41) is 63.2. The van der Waals surface area contributed by atoms with E-state index in [1.807, 2.05) is 32.8 Å². The monoisotopic (exact) mass is 1180 g/mol. The number of unbranched alkanes of at least 4 members (excludes halogenated alkanes) is 4. The first-order valence-electron chi connectivity index (χ1n) is 29.5. The molecule has 3 fully saturated rings. The molecule has 3 aliphatic heterocycles. The Morgan fingerprint density at radius 3 is 1.79 bits per heavy atom. The highest BCUT2D eigenvalue weighted by Gasteiger charge is 2.53. The van der Waals surface area contributed by atoms with Crippen LogP contribution in [-0.2, 0) is 38.0 Å². The van der Waals surface area contributed by atoms with Gasteiger partial charge in [0.15, 0.2) is 12.6 Å². The average Bonchev–Trinajstić information content (AvgIpc) is 3.61. The van der Waals surface area contributed by atoms with Crippen LogP contribution < -0.4 is 15.9 Å². The lowest BCUT2D eigenvalue weighted by Gasteiger charge is -2.48. The van der Waals surface area contributed by atoms with E-state index in [9.17, 15) is 48.3 Å². The van der Waals surface area contributed by atoms with Crippen LogP contribution in [-0.4, -0.2) is 171 Å². The number of amides is 1. The van der Waals surface area contributed by atoms with Gasteiger partial charge >= 0.3 is 5.97 Å². The molecule has 6 rings (SSSR count). The number of aliphatic hydroxyl groups is 5. The molecule has 0 spiro atoms. The van der Waals surface area contributed by atoms with E-state index in [1.165, 1.54) is 55.3 Å². The molecule has 0 aromatic heterocycles. The Labute approximate surface area is 485 Å². The topological polar surface area (TPSA) is 197 Å². The number of likely N-dealkylation sites (N-methyl/N-ethyl adjacent to an activating group) is 1. The summed E-state index contributed by atoms with van der Waals surface area (Å²) in [5.74, 6) is -4.77. The van der Waals surface area contributed by atoms with Gasteiger partial charge in [-0.1, -0.05) is 33.6 Å². The number of methoxy groups -OCH3 is 1. The molecule has 82 heavy (non-hydrogen) atoms. The maximum absolute atomic E-state index is 14.7. The predicted octanol–water partition coefficient (Wildman–Crippen LogP) is 7.55. The lowest BCUT2D eigenvalue weighted by atomic mass is 9.77. The molecule has 15 nitrogen and oxygen atoms in total. The fraction of sp³-hybridized carbons (Fsp3) is 0.683. The number of halogens is 3. The summed E-state index contributed by atoms with van der Waals surface area (Å²) in [6.07, 6.45) is -6.03. The Morgan fingerprint density at radius 1 is 0.756 bits per heavy atom. The number of hydrogen-bond donors (Lipinski definition) is 5. The fourth-order valence-electron chi connectivity index (χ4n) is 13.1. The van der Waals surface area contributed by atoms with E-state index in [0.717, 1.165) is 35.2 Å². The number of esters is 1. The summed E-state index contributed by atoms with van der Waals surface area (Å²) in [4.78, 5) is 32.9. The second kappa shape index (κ2) is 28.7. The third-order valence-corrected chi connectivity index (χ3v) is 22.4. The van der Waals surface area contributed by atoms with Gasteiger partial charge in [-0.25, -0.2) is 13.2 Å². The number of carbonyl (C=O) groups excluding carboxylic acids is 2. The minimum Gasteiger partial charge on any atom is -0.459 e. The van der Waals surface area contributed by atoms with Crippen molar-refractivity contribution in [1.29, 1.82) is 0 Å². The van der Waals surface area contributed by atoms with Crippen molar-refractivity contribution in [2.24, 2.45) is 17.8 Å². The molecule has 3 aliphatic rings. The summed E-state index contributed by atoms with van der Waals surface area (Å²) in [5.41, 5.74) is -4.96. The summed E-state index contributed by atoms with van der Waals surface area (Å²) >= 11 is 0. The van der Waals surface area contributed by atoms with Crippen molar-refractivity contribution in [3.8, 4) is 0 Å². The van der Waals surface area contributed by atoms with Crippen molar-refractivity contribution < 1.29 is 76.7 Å². The maximum atomic E-state index is 14.7. The molecule has 3 heterocycles. The molecular formula is C63H95F3N2O13P+. The van der Waals surface area contributed by atoms with Crippen molar-refractivity contribution in [2.45, 2.75) is 224 Å². The molecule has 3 saturated heterocycles. The normalized spacial score (nSPS) is 35.7. The highest BCUT2D eigenvalue weighted by Crippen LogP contribution is 2.56. The minimum absolute atomic E-state index is 0.00636. The van der Waals surface area contributed by atoms with E-state index >= 15 is 0 Å². The Bertz CT molecular complexity index is 2380. The number of cyclic esters (lactones) is 1. The smallest absolute Gasteiger partial charge is 0.311 e. The highest BCUT2D eigenvalue weighted by molar-refractivity contribution is 7.95. The number of aliphatic hydroxyl groups excluding tert-OH is 3. The molecule has 0 radical (unpaired) electrons. The van der Waals surface area contributed by atoms with E-state index < -0.39 is 127 Å². The second-order valence-electron chi connectivity index (χ2n) is 24.8. The Balaban J connectivity index is 1.27. The molecule has 3 aromatic rings. The van der Waals surface area contributed by atoms with Crippen molar-refractivity contribution >= 4 is 35.1 Å². The molecule has 18 atom stereocenters. The minimum atomic E-state index is -2.53. The first kappa shape index (κ1) is 67.5. The average molecular weight is 1180 g/mol. The lowest BCUT2D eigenvalue weighted by molar-refractivity contribution is -0.318. The summed E-state index contributed by atoms with van der Waals surface area (Å²) in [7, 11) is 2.66. The molecule has 0 saturated carbocycles. The molecule has 5 N–H and O–H groups in total. The van der Waals surface area contributed by atoms with Gasteiger partial charge in [-0.2, -0.15) is 0 Å². The fourth-order valence-corrected chi connectivity index (χ4v) is 17.4. The maximum Gasteiger partial charge on any atom is 0.311 e. The first-order valence-corrected chi connectivity index (χ1v) is 31.5. The first-order chi connectivity index (χ1) is 38.5. The number of carbonyl (C=O) groups is 2. The predicted molar refractivity (Wildman–Crippen MR) is 311 cm³/mol. The summed E-state index contributed by atoms with van der Waals surface area (Å²) in [6.45, 7) is 16.9. The largest absolute Gasteiger partial charge is 0.459 e. The molecule has 0 unspecified atom stereocenters. The van der Waals surface area contributed by atoms with Gasteiger partial charge < -0.3 is 63.8 Å². The van der Waals surface area contributed by atoms with Gasteiger partial charge in [-0.3, -0.25) is 9.59 Å². The van der Waals surface area contributed by atoms with Gasteiger partial charge in [0.05, 0.1) is 53.7 Å². The van der Waals surface area contributed by atoms with Crippen LogP contribution in [0.5, 0.6) is 0 Å². The molecule has 0 bridgehead atoms. The van der Waals surface area contributed by atoms with Crippen LogP contribution in [0.2, 0.25) is 0 Å². The second-order valence-corrected chi connectivity index (χ2v) is 28.4. The molecular weight excluding hydrogens is 1080 g/mol. The number of hydrogen-bond acceptors (Lipinski definition) is 14. The molecule has 460 valence electrons. The summed E-state index contributed by atoms with van der Waals surface area (Å²) < 4.78 is 81.3. The van der Waals surface area contributed by atoms with Crippen molar-refractivity contribution in [3.05, 3.63) is 90.2 Å². The van der Waals surface area contributed by atoms with Gasteiger partial charge in [-0.15, -0.1) is 0 Å². The van der Waals surface area contributed by atoms with Crippen molar-refractivity contribution in [2.75, 3.05) is 33.9 Å². The lowest BCUT2D eigenvalue weighted by Crippen LogP contribution is -2.60. The van der Waals surface area contributed by atoms with Crippen LogP contribution in [0.4, 0.5) is 13.2 Å². The van der Waals surface area contributed by atoms with Crippen LogP contribution in [0.25, 0.3) is 0 Å². The third kappa shape index (κ3) is 15.7. The van der Waals surface area contributed by atoms with Gasteiger partial charge in [-0.05, 0) is 180 Å². The Morgan fingerprint density at radius 2 is 1.28 bits per heavy atom. The van der Waals surface area contributed by atoms with Crippen LogP contribution >= 0.6 is 7.26 Å². The number of nitrogens with zero attached hydrogens (tertiary/aromatic N) is 2. The standard InChI is InChI=1S/C63H95F3N2O13P/c1-14-51-63(10,75)56(71)42(6)68(52(69)20-18-16-15-17-19-33-82(47-27-21-44(64)22-28-47,48-29-23-45(65)24-30-48)49-31-25-46(66)26-32-49)37-38(2)35-61(8,74)58(81-60-54(70)50(67(11)12)34-39(3)77-60)40(4)55(41(5)59(73)79-51)80-53-36-62(9,76-13)57(72)43(7)78-53/h21-32,38-43,50-51,53-58,60,70-72,74-75H,14-20,33-37H2,1-13H3/q+1/t38-,39-,40+,41-,42-,43+,50+,51-,53+,54-,55+,56-,57+,58-,60+,61-,62-,63-/m1/s1. The molecule has 0 aliphatic carbocycles. The van der Waals surface area contributed by atoms with Gasteiger partial charge in [0.25, 0.3) is 0 Å². The van der Waals surface area contributed by atoms with E-state index in [1.54, 1.807) is 84.9 Å². The molecule has 19 heteroatoms. The third-order valence-electron chi connectivity index (χ3n) is 17.9.